The Morgan fingerprint density at radius 2 is 1.77 bits per heavy atom. The van der Waals surface area contributed by atoms with E-state index in [0.717, 1.165) is 17.0 Å². The quantitative estimate of drug-likeness (QED) is 0.716. The smallest absolute Gasteiger partial charge is 0.241 e. The molecule has 2 aromatic rings. The van der Waals surface area contributed by atoms with Crippen LogP contribution in [0.3, 0.4) is 0 Å². The molecule has 1 unspecified atom stereocenters. The third kappa shape index (κ3) is 5.47. The van der Waals surface area contributed by atoms with Crippen LogP contribution in [0.2, 0.25) is 0 Å². The molecule has 1 aromatic heterocycles. The molecule has 0 aliphatic carbocycles. The van der Waals surface area contributed by atoms with Crippen LogP contribution in [0, 0.1) is 19.8 Å². The van der Waals surface area contributed by atoms with Gasteiger partial charge in [-0.3, -0.25) is 9.69 Å². The number of carbonyl (C=O) groups excluding carboxylic acids is 1. The van der Waals surface area contributed by atoms with Gasteiger partial charge in [-0.1, -0.05) is 36.7 Å². The highest BCUT2D eigenvalue weighted by atomic mass is 32.2. The van der Waals surface area contributed by atoms with E-state index in [1.807, 2.05) is 33.8 Å². The van der Waals surface area contributed by atoms with Gasteiger partial charge in [0.15, 0.2) is 5.76 Å². The first-order chi connectivity index (χ1) is 14.2. The number of amides is 1. The molecule has 1 aliphatic rings. The lowest BCUT2D eigenvalue weighted by Crippen LogP contribution is -2.56. The number of hydrogen-bond donors (Lipinski definition) is 1. The summed E-state index contributed by atoms with van der Waals surface area (Å²) in [5.74, 6) is 0.446. The molecule has 0 radical (unpaired) electrons. The Labute approximate surface area is 178 Å². The summed E-state index contributed by atoms with van der Waals surface area (Å²) in [4.78, 5) is 17.2. The monoisotopic (exact) mass is 434 g/mol. The minimum absolute atomic E-state index is 0.165. The highest BCUT2D eigenvalue weighted by Crippen LogP contribution is 2.16. The van der Waals surface area contributed by atoms with Crippen molar-refractivity contribution in [2.45, 2.75) is 45.2 Å². The molecule has 1 N–H and O–H groups in total. The lowest BCUT2D eigenvalue weighted by molar-refractivity contribution is -0.135. The lowest BCUT2D eigenvalue weighted by Gasteiger charge is -2.36. The standard InChI is InChI=1S/C21H30N4O4S/c1-15(2)20(23-30(27,28)19-7-5-16(3)6-8-19)21(26)25-11-9-24(10-12-25)14-18-13-17(4)22-29-18/h5-8,13,15,20,23H,9-12,14H2,1-4H3. The van der Waals surface area contributed by atoms with Crippen LogP contribution in [-0.2, 0) is 21.4 Å². The normalized spacial score (nSPS) is 16.8. The molecule has 1 aromatic carbocycles. The lowest BCUT2D eigenvalue weighted by atomic mass is 10.0. The van der Waals surface area contributed by atoms with Crippen LogP contribution >= 0.6 is 0 Å². The summed E-state index contributed by atoms with van der Waals surface area (Å²) < 4.78 is 33.5. The number of carbonyl (C=O) groups is 1. The number of nitrogens with zero attached hydrogens (tertiary/aromatic N) is 3. The Morgan fingerprint density at radius 3 is 2.30 bits per heavy atom. The van der Waals surface area contributed by atoms with E-state index in [9.17, 15) is 13.2 Å². The van der Waals surface area contributed by atoms with Gasteiger partial charge in [-0.15, -0.1) is 0 Å². The van der Waals surface area contributed by atoms with Gasteiger partial charge in [-0.25, -0.2) is 8.42 Å². The van der Waals surface area contributed by atoms with Crippen LogP contribution in [0.25, 0.3) is 0 Å². The average Bonchev–Trinajstić information content (AvgIpc) is 3.11. The van der Waals surface area contributed by atoms with Crippen molar-refractivity contribution in [1.82, 2.24) is 19.7 Å². The third-order valence-corrected chi connectivity index (χ3v) is 6.74. The molecule has 0 bridgehead atoms. The second-order valence-corrected chi connectivity index (χ2v) is 9.91. The molecule has 9 heteroatoms. The van der Waals surface area contributed by atoms with Gasteiger partial charge in [-0.2, -0.15) is 4.72 Å². The minimum Gasteiger partial charge on any atom is -0.360 e. The molecule has 1 fully saturated rings. The Morgan fingerprint density at radius 1 is 1.13 bits per heavy atom. The maximum absolute atomic E-state index is 13.1. The summed E-state index contributed by atoms with van der Waals surface area (Å²) in [6.07, 6.45) is 0. The van der Waals surface area contributed by atoms with Crippen LogP contribution in [0.1, 0.15) is 30.9 Å². The summed E-state index contributed by atoms with van der Waals surface area (Å²) in [6, 6.07) is 7.71. The Bertz CT molecular complexity index is 961. The van der Waals surface area contributed by atoms with Gasteiger partial charge in [0, 0.05) is 32.2 Å². The molecular formula is C21H30N4O4S. The predicted octanol–water partition coefficient (Wildman–Crippen LogP) is 1.94. The molecule has 30 heavy (non-hydrogen) atoms. The molecule has 164 valence electrons. The molecule has 8 nitrogen and oxygen atoms in total. The number of sulfonamides is 1. The average molecular weight is 435 g/mol. The fraction of sp³-hybridized carbons (Fsp3) is 0.524. The van der Waals surface area contributed by atoms with Crippen molar-refractivity contribution in [3.05, 3.63) is 47.3 Å². The number of aryl methyl sites for hydroxylation is 2. The van der Waals surface area contributed by atoms with Crippen molar-refractivity contribution < 1.29 is 17.7 Å². The number of benzene rings is 1. The second kappa shape index (κ2) is 9.28. The molecular weight excluding hydrogens is 404 g/mol. The van der Waals surface area contributed by atoms with Crippen LogP contribution in [0.5, 0.6) is 0 Å². The van der Waals surface area contributed by atoms with Crippen molar-refractivity contribution in [1.29, 1.82) is 0 Å². The van der Waals surface area contributed by atoms with Crippen molar-refractivity contribution in [2.75, 3.05) is 26.2 Å². The summed E-state index contributed by atoms with van der Waals surface area (Å²) in [5.41, 5.74) is 1.82. The highest BCUT2D eigenvalue weighted by molar-refractivity contribution is 7.89. The molecule has 1 aliphatic heterocycles. The van der Waals surface area contributed by atoms with Crippen LogP contribution in [-0.4, -0.2) is 61.5 Å². The van der Waals surface area contributed by atoms with Crippen molar-refractivity contribution in [2.24, 2.45) is 5.92 Å². The Hall–Kier alpha value is -2.23. The zero-order valence-corrected chi connectivity index (χ0v) is 18.8. The molecule has 1 atom stereocenters. The van der Waals surface area contributed by atoms with E-state index < -0.39 is 16.1 Å². The van der Waals surface area contributed by atoms with E-state index >= 15 is 0 Å². The second-order valence-electron chi connectivity index (χ2n) is 8.19. The largest absolute Gasteiger partial charge is 0.360 e. The topological polar surface area (TPSA) is 95.8 Å². The van der Waals surface area contributed by atoms with Gasteiger partial charge in [0.1, 0.15) is 6.04 Å². The van der Waals surface area contributed by atoms with E-state index in [2.05, 4.69) is 14.8 Å². The summed E-state index contributed by atoms with van der Waals surface area (Å²) in [5, 5.41) is 3.90. The molecule has 0 spiro atoms. The van der Waals surface area contributed by atoms with Gasteiger partial charge in [-0.05, 0) is 31.9 Å². The number of hydrogen-bond acceptors (Lipinski definition) is 6. The summed E-state index contributed by atoms with van der Waals surface area (Å²) >= 11 is 0. The molecule has 3 rings (SSSR count). The Kier molecular flexibility index (Phi) is 6.95. The third-order valence-electron chi connectivity index (χ3n) is 5.29. The predicted molar refractivity (Wildman–Crippen MR) is 113 cm³/mol. The molecule has 1 saturated heterocycles. The number of rotatable bonds is 7. The Balaban J connectivity index is 1.62. The molecule has 1 amide bonds. The van der Waals surface area contributed by atoms with Gasteiger partial charge < -0.3 is 9.42 Å². The summed E-state index contributed by atoms with van der Waals surface area (Å²) in [6.45, 7) is 10.6. The first kappa shape index (κ1) is 22.5. The van der Waals surface area contributed by atoms with E-state index in [1.54, 1.807) is 29.2 Å². The van der Waals surface area contributed by atoms with Crippen molar-refractivity contribution in [3.63, 3.8) is 0 Å². The van der Waals surface area contributed by atoms with E-state index in [4.69, 9.17) is 4.52 Å². The van der Waals surface area contributed by atoms with Gasteiger partial charge in [0.2, 0.25) is 15.9 Å². The zero-order valence-electron chi connectivity index (χ0n) is 18.0. The number of aromatic nitrogens is 1. The highest BCUT2D eigenvalue weighted by Gasteiger charge is 2.33. The van der Waals surface area contributed by atoms with Crippen LogP contribution in [0.4, 0.5) is 0 Å². The van der Waals surface area contributed by atoms with Crippen LogP contribution in [0.15, 0.2) is 39.8 Å². The summed E-state index contributed by atoms with van der Waals surface area (Å²) in [7, 11) is -3.78. The minimum atomic E-state index is -3.78. The molecule has 0 saturated carbocycles. The maximum Gasteiger partial charge on any atom is 0.241 e. The van der Waals surface area contributed by atoms with Gasteiger partial charge in [0.25, 0.3) is 0 Å². The van der Waals surface area contributed by atoms with Gasteiger partial charge in [0.05, 0.1) is 17.1 Å². The number of piperazine rings is 1. The fourth-order valence-electron chi connectivity index (χ4n) is 3.46. The molecule has 2 heterocycles. The van der Waals surface area contributed by atoms with Crippen molar-refractivity contribution >= 4 is 15.9 Å². The first-order valence-corrected chi connectivity index (χ1v) is 11.7. The van der Waals surface area contributed by atoms with Gasteiger partial charge >= 0.3 is 0 Å². The van der Waals surface area contributed by atoms with E-state index in [0.29, 0.717) is 32.7 Å². The SMILES string of the molecule is Cc1ccc(S(=O)(=O)NC(C(=O)N2CCN(Cc3cc(C)no3)CC2)C(C)C)cc1. The van der Waals surface area contributed by atoms with E-state index in [-0.39, 0.29) is 16.7 Å². The van der Waals surface area contributed by atoms with E-state index in [1.165, 1.54) is 0 Å². The fourth-order valence-corrected chi connectivity index (χ4v) is 4.80. The van der Waals surface area contributed by atoms with Crippen molar-refractivity contribution in [3.8, 4) is 0 Å². The van der Waals surface area contributed by atoms with Crippen LogP contribution < -0.4 is 4.72 Å². The zero-order chi connectivity index (χ0) is 21.9. The number of nitrogens with one attached hydrogen (secondary N) is 1. The first-order valence-electron chi connectivity index (χ1n) is 10.2. The maximum atomic E-state index is 13.1.